The van der Waals surface area contributed by atoms with Gasteiger partial charge in [-0.15, -0.1) is 0 Å². The Bertz CT molecular complexity index is 1390. The first-order chi connectivity index (χ1) is 15.9. The maximum atomic E-state index is 13.0. The molecule has 1 fully saturated rings. The van der Waals surface area contributed by atoms with Crippen molar-refractivity contribution in [1.29, 1.82) is 0 Å². The fourth-order valence-electron chi connectivity index (χ4n) is 3.69. The first-order valence-corrected chi connectivity index (χ1v) is 10.8. The van der Waals surface area contributed by atoms with Gasteiger partial charge < -0.3 is 18.8 Å². The Morgan fingerprint density at radius 2 is 1.82 bits per heavy atom. The average Bonchev–Trinajstić information content (AvgIpc) is 3.49. The number of rotatable bonds is 4. The molecule has 2 aliphatic rings. The number of ether oxygens (including phenoxy) is 3. The van der Waals surface area contributed by atoms with E-state index in [2.05, 4.69) is 4.99 Å². The lowest BCUT2D eigenvalue weighted by atomic mass is 10.2. The highest BCUT2D eigenvalue weighted by atomic mass is 32.1. The molecule has 3 heterocycles. The van der Waals surface area contributed by atoms with Crippen LogP contribution in [0.3, 0.4) is 0 Å². The van der Waals surface area contributed by atoms with E-state index >= 15 is 0 Å². The van der Waals surface area contributed by atoms with E-state index in [0.29, 0.717) is 22.7 Å². The van der Waals surface area contributed by atoms with Crippen LogP contribution in [0.2, 0.25) is 0 Å². The maximum absolute atomic E-state index is 13.0. The minimum Gasteiger partial charge on any atom is -0.468 e. The number of hydrogen-bond acceptors (Lipinski definition) is 8. The van der Waals surface area contributed by atoms with Gasteiger partial charge in [0, 0.05) is 30.5 Å². The monoisotopic (exact) mass is 467 g/mol. The second-order valence-electron chi connectivity index (χ2n) is 7.31. The summed E-state index contributed by atoms with van der Waals surface area (Å²) in [4.78, 5) is 54.7. The largest absolute Gasteiger partial charge is 0.468 e. The van der Waals surface area contributed by atoms with Gasteiger partial charge in [-0.2, -0.15) is 4.99 Å². The van der Waals surface area contributed by atoms with Gasteiger partial charge >= 0.3 is 5.97 Å². The molecule has 1 aromatic heterocycles. The van der Waals surface area contributed by atoms with Crippen LogP contribution in [-0.4, -0.2) is 42.2 Å². The molecule has 2 aliphatic heterocycles. The topological polar surface area (TPSA) is 116 Å². The summed E-state index contributed by atoms with van der Waals surface area (Å²) in [5.41, 5.74) is 1.17. The number of anilines is 1. The smallest absolute Gasteiger partial charge is 0.325 e. The van der Waals surface area contributed by atoms with Crippen molar-refractivity contribution in [2.45, 2.75) is 19.4 Å². The van der Waals surface area contributed by atoms with E-state index in [9.17, 15) is 19.2 Å². The van der Waals surface area contributed by atoms with Crippen molar-refractivity contribution >= 4 is 50.9 Å². The molecule has 2 aromatic carbocycles. The molecular formula is C22H17N3O7S. The van der Waals surface area contributed by atoms with Crippen LogP contribution in [0.1, 0.15) is 23.2 Å². The number of methoxy groups -OCH3 is 1. The first kappa shape index (κ1) is 20.9. The molecule has 33 heavy (non-hydrogen) atoms. The van der Waals surface area contributed by atoms with E-state index in [-0.39, 0.29) is 48.4 Å². The summed E-state index contributed by atoms with van der Waals surface area (Å²) in [7, 11) is 1.28. The molecule has 1 saturated heterocycles. The van der Waals surface area contributed by atoms with Gasteiger partial charge in [0.1, 0.15) is 6.54 Å². The molecule has 0 unspecified atom stereocenters. The molecule has 3 amide bonds. The third-order valence-corrected chi connectivity index (χ3v) is 6.33. The number of hydrogen-bond donors (Lipinski definition) is 0. The van der Waals surface area contributed by atoms with Gasteiger partial charge in [0.15, 0.2) is 16.3 Å². The third-order valence-electron chi connectivity index (χ3n) is 5.29. The Morgan fingerprint density at radius 1 is 1.09 bits per heavy atom. The van der Waals surface area contributed by atoms with Crippen LogP contribution in [-0.2, 0) is 25.7 Å². The molecule has 0 aliphatic carbocycles. The van der Waals surface area contributed by atoms with Gasteiger partial charge in [-0.1, -0.05) is 17.4 Å². The fraction of sp³-hybridized carbons (Fsp3) is 0.227. The number of aromatic nitrogens is 1. The Kier molecular flexibility index (Phi) is 5.17. The number of thiazole rings is 1. The molecule has 11 heteroatoms. The lowest BCUT2D eigenvalue weighted by molar-refractivity contribution is -0.141. The number of carbonyl (C=O) groups is 4. The summed E-state index contributed by atoms with van der Waals surface area (Å²) < 4.78 is 18.0. The van der Waals surface area contributed by atoms with Crippen LogP contribution < -0.4 is 19.2 Å². The number of amides is 3. The number of nitrogens with zero attached hydrogens (tertiary/aromatic N) is 3. The van der Waals surface area contributed by atoms with Crippen molar-refractivity contribution < 1.29 is 33.4 Å². The molecule has 3 aromatic rings. The zero-order valence-corrected chi connectivity index (χ0v) is 18.2. The van der Waals surface area contributed by atoms with Gasteiger partial charge in [-0.3, -0.25) is 24.1 Å². The Balaban J connectivity index is 1.57. The fourth-order valence-corrected chi connectivity index (χ4v) is 4.72. The summed E-state index contributed by atoms with van der Waals surface area (Å²) in [6.45, 7) is -0.0449. The van der Waals surface area contributed by atoms with Crippen molar-refractivity contribution in [2.24, 2.45) is 4.99 Å². The molecule has 0 bridgehead atoms. The summed E-state index contributed by atoms with van der Waals surface area (Å²) >= 11 is 1.21. The summed E-state index contributed by atoms with van der Waals surface area (Å²) in [6, 6.07) is 9.69. The van der Waals surface area contributed by atoms with Crippen LogP contribution in [0.15, 0.2) is 41.4 Å². The van der Waals surface area contributed by atoms with Crippen molar-refractivity contribution in [1.82, 2.24) is 4.57 Å². The molecule has 0 N–H and O–H groups in total. The molecule has 0 saturated carbocycles. The van der Waals surface area contributed by atoms with Crippen molar-refractivity contribution in [3.05, 3.63) is 46.8 Å². The summed E-state index contributed by atoms with van der Waals surface area (Å²) in [5.74, 6) is -0.599. The Labute approximate surface area is 190 Å². The highest BCUT2D eigenvalue weighted by Gasteiger charge is 2.30. The van der Waals surface area contributed by atoms with Gasteiger partial charge in [0.05, 0.1) is 23.0 Å². The maximum Gasteiger partial charge on any atom is 0.325 e. The molecule has 0 radical (unpaired) electrons. The second-order valence-corrected chi connectivity index (χ2v) is 8.32. The van der Waals surface area contributed by atoms with Crippen LogP contribution in [0.4, 0.5) is 5.69 Å². The highest BCUT2D eigenvalue weighted by Crippen LogP contribution is 2.37. The zero-order chi connectivity index (χ0) is 23.1. The van der Waals surface area contributed by atoms with E-state index in [4.69, 9.17) is 14.2 Å². The van der Waals surface area contributed by atoms with Crippen molar-refractivity contribution in [3.63, 3.8) is 0 Å². The molecule has 168 valence electrons. The summed E-state index contributed by atoms with van der Waals surface area (Å²) in [5, 5.41) is 0. The van der Waals surface area contributed by atoms with Crippen molar-refractivity contribution in [2.75, 3.05) is 18.8 Å². The molecule has 0 atom stereocenters. The molecular weight excluding hydrogens is 450 g/mol. The quantitative estimate of drug-likeness (QED) is 0.426. The predicted octanol–water partition coefficient (Wildman–Crippen LogP) is 2.00. The minimum atomic E-state index is -0.582. The predicted molar refractivity (Wildman–Crippen MR) is 116 cm³/mol. The van der Waals surface area contributed by atoms with Crippen LogP contribution >= 0.6 is 11.3 Å². The van der Waals surface area contributed by atoms with E-state index in [1.54, 1.807) is 34.9 Å². The van der Waals surface area contributed by atoms with Gasteiger partial charge in [-0.05, 0) is 18.2 Å². The standard InChI is InChI=1S/C22H17N3O7S/c1-30-20(28)10-24-14-8-15-16(32-11-31-15)9-17(14)33-22(24)23-21(29)12-3-2-4-13(7-12)25-18(26)5-6-19(25)27/h2-4,7-9H,5-6,10-11H2,1H3. The van der Waals surface area contributed by atoms with E-state index < -0.39 is 11.9 Å². The SMILES string of the molecule is COC(=O)Cn1c(=NC(=O)c2cccc(N3C(=O)CCC3=O)c2)sc2cc3c(cc21)OCO3. The molecule has 5 rings (SSSR count). The molecule has 10 nitrogen and oxygen atoms in total. The van der Waals surface area contributed by atoms with Gasteiger partial charge in [-0.25, -0.2) is 0 Å². The normalized spacial score (nSPS) is 15.5. The number of fused-ring (bicyclic) bond motifs is 2. The van der Waals surface area contributed by atoms with Crippen LogP contribution in [0.25, 0.3) is 10.2 Å². The zero-order valence-electron chi connectivity index (χ0n) is 17.4. The highest BCUT2D eigenvalue weighted by molar-refractivity contribution is 7.16. The van der Waals surface area contributed by atoms with Gasteiger partial charge in [0.2, 0.25) is 18.6 Å². The lowest BCUT2D eigenvalue weighted by Gasteiger charge is -2.14. The van der Waals surface area contributed by atoms with Crippen molar-refractivity contribution in [3.8, 4) is 11.5 Å². The third kappa shape index (κ3) is 3.76. The van der Waals surface area contributed by atoms with Crippen LogP contribution in [0.5, 0.6) is 11.5 Å². The minimum absolute atomic E-state index is 0.109. The van der Waals surface area contributed by atoms with Crippen LogP contribution in [0, 0.1) is 0 Å². The molecule has 0 spiro atoms. The van der Waals surface area contributed by atoms with E-state index in [1.807, 2.05) is 0 Å². The first-order valence-electron chi connectivity index (χ1n) is 9.99. The number of carbonyl (C=O) groups excluding carboxylic acids is 4. The second kappa shape index (κ2) is 8.17. The van der Waals surface area contributed by atoms with Gasteiger partial charge in [0.25, 0.3) is 5.91 Å². The Morgan fingerprint density at radius 3 is 2.55 bits per heavy atom. The Hall–Kier alpha value is -3.99. The average molecular weight is 467 g/mol. The number of esters is 1. The lowest BCUT2D eigenvalue weighted by Crippen LogP contribution is -2.28. The summed E-state index contributed by atoms with van der Waals surface area (Å²) in [6.07, 6.45) is 0.294. The number of imide groups is 1. The van der Waals surface area contributed by atoms with E-state index in [1.165, 1.54) is 24.5 Å². The van der Waals surface area contributed by atoms with E-state index in [0.717, 1.165) is 9.60 Å². The number of benzene rings is 2.